The van der Waals surface area contributed by atoms with E-state index in [1.54, 1.807) is 20.8 Å². The summed E-state index contributed by atoms with van der Waals surface area (Å²) in [5.41, 5.74) is -5.52. The highest BCUT2D eigenvalue weighted by Crippen LogP contribution is 2.68. The zero-order valence-corrected chi connectivity index (χ0v) is 22.1. The van der Waals surface area contributed by atoms with Gasteiger partial charge < -0.3 is 24.8 Å². The number of alkyl carbamates (subject to hydrolysis) is 1. The third-order valence-corrected chi connectivity index (χ3v) is 6.95. The van der Waals surface area contributed by atoms with Crippen LogP contribution in [0.4, 0.5) is 9.18 Å². The van der Waals surface area contributed by atoms with E-state index in [0.717, 1.165) is 0 Å². The largest absolute Gasteiger partial charge is 0.464 e. The van der Waals surface area contributed by atoms with E-state index < -0.39 is 58.6 Å². The number of benzene rings is 1. The van der Waals surface area contributed by atoms with E-state index >= 15 is 4.39 Å². The van der Waals surface area contributed by atoms with Gasteiger partial charge in [-0.15, -0.1) is 0 Å². The maximum Gasteiger partial charge on any atom is 0.408 e. The Labute approximate surface area is 218 Å². The van der Waals surface area contributed by atoms with Crippen molar-refractivity contribution in [1.82, 2.24) is 10.6 Å². The molecule has 0 aromatic heterocycles. The molecule has 0 heterocycles. The monoisotopic (exact) mass is 546 g/mol. The topological polar surface area (TPSA) is 120 Å². The fourth-order valence-electron chi connectivity index (χ4n) is 4.82. The summed E-state index contributed by atoms with van der Waals surface area (Å²) in [5, 5.41) is 5.51. The number of alkyl halides is 1. The first-order valence-electron chi connectivity index (χ1n) is 11.5. The summed E-state index contributed by atoms with van der Waals surface area (Å²) in [6, 6.07) is 3.04. The standard InChI is InChI=1S/C24H29Cl2FN2O7/c1-6-34-19(31)23(27)13-11-16(28-18(30)12-8-9-14(25)15(26)10-12)24(17(13)23,20(32)35-7-2)29-21(33)36-22(3,4)5/h8-10,13,16-17H,6-7,11H2,1-5H3,(H,28,30)(H,29,33). The molecule has 1 aromatic carbocycles. The number of hydrogen-bond donors (Lipinski definition) is 2. The second-order valence-corrected chi connectivity index (χ2v) is 10.5. The molecule has 5 unspecified atom stereocenters. The zero-order valence-electron chi connectivity index (χ0n) is 20.6. The van der Waals surface area contributed by atoms with Crippen molar-refractivity contribution in [2.45, 2.75) is 63.9 Å². The molecule has 12 heteroatoms. The van der Waals surface area contributed by atoms with Gasteiger partial charge in [0, 0.05) is 17.4 Å². The van der Waals surface area contributed by atoms with Crippen molar-refractivity contribution in [3.63, 3.8) is 0 Å². The van der Waals surface area contributed by atoms with Crippen LogP contribution in [0.3, 0.4) is 0 Å². The van der Waals surface area contributed by atoms with Crippen molar-refractivity contribution in [2.24, 2.45) is 11.8 Å². The maximum absolute atomic E-state index is 16.0. The van der Waals surface area contributed by atoms with Crippen LogP contribution >= 0.6 is 23.2 Å². The van der Waals surface area contributed by atoms with Gasteiger partial charge in [-0.25, -0.2) is 18.8 Å². The Hall–Kier alpha value is -2.59. The Morgan fingerprint density at radius 2 is 1.67 bits per heavy atom. The first-order valence-corrected chi connectivity index (χ1v) is 12.3. The number of ether oxygens (including phenoxy) is 3. The minimum Gasteiger partial charge on any atom is -0.464 e. The second-order valence-electron chi connectivity index (χ2n) is 9.68. The molecule has 2 amide bonds. The number of esters is 2. The smallest absolute Gasteiger partial charge is 0.408 e. The highest BCUT2D eigenvalue weighted by Gasteiger charge is 2.87. The summed E-state index contributed by atoms with van der Waals surface area (Å²) in [4.78, 5) is 51.9. The second kappa shape index (κ2) is 10.0. The van der Waals surface area contributed by atoms with E-state index in [1.165, 1.54) is 32.0 Å². The van der Waals surface area contributed by atoms with Crippen LogP contribution in [-0.4, -0.2) is 60.0 Å². The molecule has 2 aliphatic rings. The van der Waals surface area contributed by atoms with Crippen LogP contribution in [-0.2, 0) is 23.8 Å². The van der Waals surface area contributed by atoms with Crippen molar-refractivity contribution in [2.75, 3.05) is 13.2 Å². The molecule has 0 spiro atoms. The molecule has 3 rings (SSSR count). The third kappa shape index (κ3) is 4.98. The number of hydrogen-bond acceptors (Lipinski definition) is 7. The first-order chi connectivity index (χ1) is 16.7. The van der Waals surface area contributed by atoms with Gasteiger partial charge in [0.25, 0.3) is 5.91 Å². The fourth-order valence-corrected chi connectivity index (χ4v) is 5.12. The van der Waals surface area contributed by atoms with E-state index in [2.05, 4.69) is 10.6 Å². The third-order valence-electron chi connectivity index (χ3n) is 6.21. The lowest BCUT2D eigenvalue weighted by Crippen LogP contribution is -2.68. The molecule has 36 heavy (non-hydrogen) atoms. The number of amides is 2. The van der Waals surface area contributed by atoms with Crippen LogP contribution in [0.1, 0.15) is 51.4 Å². The SMILES string of the molecule is CCOC(=O)C1(F)C2CC(NC(=O)c3ccc(Cl)c(Cl)c3)C(NC(=O)OC(C)(C)C)(C(=O)OCC)C21. The Morgan fingerprint density at radius 3 is 2.22 bits per heavy atom. The number of carbonyl (C=O) groups excluding carboxylic acids is 4. The number of halogens is 3. The lowest BCUT2D eigenvalue weighted by atomic mass is 9.84. The summed E-state index contributed by atoms with van der Waals surface area (Å²) < 4.78 is 31.4. The molecule has 1 aromatic rings. The average Bonchev–Trinajstić information content (AvgIpc) is 3.22. The normalized spacial score (nSPS) is 28.5. The lowest BCUT2D eigenvalue weighted by Gasteiger charge is -2.38. The van der Waals surface area contributed by atoms with Crippen LogP contribution in [0.5, 0.6) is 0 Å². The summed E-state index contributed by atoms with van der Waals surface area (Å²) in [5.74, 6) is -5.18. The molecule has 2 saturated carbocycles. The van der Waals surface area contributed by atoms with E-state index in [9.17, 15) is 19.2 Å². The van der Waals surface area contributed by atoms with E-state index in [-0.39, 0.29) is 35.2 Å². The minimum atomic E-state index is -2.55. The number of nitrogens with one attached hydrogen (secondary N) is 2. The number of carbonyl (C=O) groups is 4. The van der Waals surface area contributed by atoms with Crippen LogP contribution in [0.2, 0.25) is 10.0 Å². The summed E-state index contributed by atoms with van der Waals surface area (Å²) in [6.07, 6.45) is -1.19. The molecule has 9 nitrogen and oxygen atoms in total. The van der Waals surface area contributed by atoms with Gasteiger partial charge >= 0.3 is 18.0 Å². The first kappa shape index (κ1) is 28.0. The van der Waals surface area contributed by atoms with E-state index in [0.29, 0.717) is 0 Å². The van der Waals surface area contributed by atoms with Crippen molar-refractivity contribution < 1.29 is 37.8 Å². The molecule has 0 radical (unpaired) electrons. The maximum atomic E-state index is 16.0. The number of fused-ring (bicyclic) bond motifs is 1. The van der Waals surface area contributed by atoms with Crippen molar-refractivity contribution in [3.05, 3.63) is 33.8 Å². The molecular formula is C24H29Cl2FN2O7. The van der Waals surface area contributed by atoms with Gasteiger partial charge in [-0.05, 0) is 59.2 Å². The average molecular weight is 547 g/mol. The highest BCUT2D eigenvalue weighted by molar-refractivity contribution is 6.42. The van der Waals surface area contributed by atoms with Gasteiger partial charge in [0.1, 0.15) is 5.60 Å². The molecule has 0 aliphatic heterocycles. The van der Waals surface area contributed by atoms with Crippen molar-refractivity contribution in [1.29, 1.82) is 0 Å². The van der Waals surface area contributed by atoms with Crippen LogP contribution in [0.25, 0.3) is 0 Å². The summed E-state index contributed by atoms with van der Waals surface area (Å²) in [7, 11) is 0. The molecule has 2 N–H and O–H groups in total. The van der Waals surface area contributed by atoms with E-state index in [1.807, 2.05) is 0 Å². The van der Waals surface area contributed by atoms with Gasteiger partial charge in [-0.2, -0.15) is 0 Å². The van der Waals surface area contributed by atoms with E-state index in [4.69, 9.17) is 37.4 Å². The summed E-state index contributed by atoms with van der Waals surface area (Å²) >= 11 is 12.0. The van der Waals surface area contributed by atoms with Gasteiger partial charge in [-0.3, -0.25) is 4.79 Å². The molecule has 0 saturated heterocycles. The van der Waals surface area contributed by atoms with Crippen molar-refractivity contribution in [3.8, 4) is 0 Å². The quantitative estimate of drug-likeness (QED) is 0.393. The Bertz CT molecular complexity index is 1080. The summed E-state index contributed by atoms with van der Waals surface area (Å²) in [6.45, 7) is 7.72. The van der Waals surface area contributed by atoms with Gasteiger partial charge in [-0.1, -0.05) is 23.2 Å². The molecule has 198 valence electrons. The van der Waals surface area contributed by atoms with Gasteiger partial charge in [0.05, 0.1) is 29.3 Å². The Balaban J connectivity index is 2.03. The predicted molar refractivity (Wildman–Crippen MR) is 129 cm³/mol. The van der Waals surface area contributed by atoms with Crippen LogP contribution in [0, 0.1) is 11.8 Å². The zero-order chi connectivity index (χ0) is 27.1. The number of rotatable bonds is 7. The molecular weight excluding hydrogens is 518 g/mol. The minimum absolute atomic E-state index is 0.0761. The highest BCUT2D eigenvalue weighted by atomic mass is 35.5. The van der Waals surface area contributed by atoms with Gasteiger partial charge in [0.2, 0.25) is 5.67 Å². The van der Waals surface area contributed by atoms with Gasteiger partial charge in [0.15, 0.2) is 5.54 Å². The molecule has 0 bridgehead atoms. The molecule has 2 fully saturated rings. The Kier molecular flexibility index (Phi) is 7.81. The lowest BCUT2D eigenvalue weighted by molar-refractivity contribution is -0.158. The molecule has 5 atom stereocenters. The molecule has 2 aliphatic carbocycles. The predicted octanol–water partition coefficient (Wildman–Crippen LogP) is 3.84. The van der Waals surface area contributed by atoms with Crippen molar-refractivity contribution >= 4 is 47.1 Å². The van der Waals surface area contributed by atoms with Crippen LogP contribution in [0.15, 0.2) is 18.2 Å². The van der Waals surface area contributed by atoms with Crippen LogP contribution < -0.4 is 10.6 Å². The fraction of sp³-hybridized carbons (Fsp3) is 0.583. The Morgan fingerprint density at radius 1 is 1.06 bits per heavy atom.